The Hall–Kier alpha value is -1.56. The zero-order valence-electron chi connectivity index (χ0n) is 14.7. The molecule has 1 saturated carbocycles. The van der Waals surface area contributed by atoms with Crippen molar-refractivity contribution in [3.05, 3.63) is 29.3 Å². The van der Waals surface area contributed by atoms with E-state index in [2.05, 4.69) is 0 Å². The van der Waals surface area contributed by atoms with Gasteiger partial charge in [-0.15, -0.1) is 0 Å². The Labute approximate surface area is 150 Å². The summed E-state index contributed by atoms with van der Waals surface area (Å²) in [5.41, 5.74) is 0.0395. The van der Waals surface area contributed by atoms with Crippen LogP contribution in [0.25, 0.3) is 0 Å². The highest BCUT2D eigenvalue weighted by molar-refractivity contribution is 5.50. The third kappa shape index (κ3) is 2.48. The number of rotatable bonds is 3. The van der Waals surface area contributed by atoms with Crippen LogP contribution < -0.4 is 4.74 Å². The molecule has 0 bridgehead atoms. The van der Waals surface area contributed by atoms with Gasteiger partial charge in [-0.05, 0) is 61.3 Å². The van der Waals surface area contributed by atoms with Crippen LogP contribution in [0.3, 0.4) is 0 Å². The first-order valence-corrected chi connectivity index (χ1v) is 9.24. The van der Waals surface area contributed by atoms with E-state index < -0.39 is 29.7 Å². The van der Waals surface area contributed by atoms with Gasteiger partial charge in [0.1, 0.15) is 12.0 Å². The molecule has 4 rings (SSSR count). The number of hydrogen-bond acceptors (Lipinski definition) is 3. The maximum Gasteiger partial charge on any atom is 0.418 e. The third-order valence-corrected chi connectivity index (χ3v) is 6.73. The lowest BCUT2D eigenvalue weighted by molar-refractivity contribution is -0.292. The molecule has 3 aliphatic rings. The highest BCUT2D eigenvalue weighted by atomic mass is 19.4. The standard InChI is InChI=1S/C20H23F3O3/c1-25-15-5-2-13-11-18-16(6-3-12(13)10-15)17-7-4-14(8-9-24)19(17,26-18)20(21,22)23/h2,5,9-10,14,16-18H,3-4,6-8,11H2,1H3/t14-,16-,17-,18+,19-/m0/s1. The maximum atomic E-state index is 14.2. The number of carbonyl (C=O) groups excluding carboxylic acids is 1. The second-order valence-electron chi connectivity index (χ2n) is 7.77. The smallest absolute Gasteiger partial charge is 0.418 e. The van der Waals surface area contributed by atoms with E-state index in [0.29, 0.717) is 32.0 Å². The van der Waals surface area contributed by atoms with E-state index in [4.69, 9.17) is 9.47 Å². The molecule has 0 aromatic heterocycles. The average Bonchev–Trinajstić information content (AvgIpc) is 3.04. The third-order valence-electron chi connectivity index (χ3n) is 6.73. The van der Waals surface area contributed by atoms with E-state index in [1.807, 2.05) is 18.2 Å². The van der Waals surface area contributed by atoms with Crippen molar-refractivity contribution in [1.29, 1.82) is 0 Å². The number of benzene rings is 1. The van der Waals surface area contributed by atoms with E-state index in [0.717, 1.165) is 23.3 Å². The first-order chi connectivity index (χ1) is 12.4. The molecule has 0 radical (unpaired) electrons. The molecule has 0 amide bonds. The van der Waals surface area contributed by atoms with Crippen LogP contribution in [0, 0.1) is 17.8 Å². The molecule has 6 heteroatoms. The lowest BCUT2D eigenvalue weighted by atomic mass is 9.75. The molecule has 1 aromatic carbocycles. The monoisotopic (exact) mass is 368 g/mol. The lowest BCUT2D eigenvalue weighted by Gasteiger charge is -2.37. The highest BCUT2D eigenvalue weighted by Gasteiger charge is 2.73. The molecule has 2 fully saturated rings. The zero-order valence-corrected chi connectivity index (χ0v) is 14.7. The Morgan fingerprint density at radius 1 is 1.27 bits per heavy atom. The zero-order chi connectivity index (χ0) is 18.5. The molecule has 1 aliphatic heterocycles. The van der Waals surface area contributed by atoms with Crippen molar-refractivity contribution < 1.29 is 27.4 Å². The molecule has 1 aromatic rings. The van der Waals surface area contributed by atoms with Crippen LogP contribution in [0.5, 0.6) is 5.75 Å². The van der Waals surface area contributed by atoms with Gasteiger partial charge in [0.05, 0.1) is 13.2 Å². The van der Waals surface area contributed by atoms with Crippen molar-refractivity contribution in [2.45, 2.75) is 56.4 Å². The van der Waals surface area contributed by atoms with Crippen LogP contribution in [0.1, 0.15) is 36.8 Å². The van der Waals surface area contributed by atoms with Gasteiger partial charge in [-0.25, -0.2) is 0 Å². The molecule has 2 aliphatic carbocycles. The Morgan fingerprint density at radius 3 is 2.77 bits per heavy atom. The predicted molar refractivity (Wildman–Crippen MR) is 89.1 cm³/mol. The summed E-state index contributed by atoms with van der Waals surface area (Å²) in [6.07, 6.45) is -1.55. The van der Waals surface area contributed by atoms with Gasteiger partial charge in [0.15, 0.2) is 5.60 Å². The van der Waals surface area contributed by atoms with Gasteiger partial charge < -0.3 is 14.3 Å². The van der Waals surface area contributed by atoms with Crippen molar-refractivity contribution in [3.8, 4) is 5.75 Å². The van der Waals surface area contributed by atoms with Crippen molar-refractivity contribution in [2.75, 3.05) is 7.11 Å². The van der Waals surface area contributed by atoms with Gasteiger partial charge >= 0.3 is 6.18 Å². The molecule has 1 saturated heterocycles. The lowest BCUT2D eigenvalue weighted by Crippen LogP contribution is -2.52. The fraction of sp³-hybridized carbons (Fsp3) is 0.650. The van der Waals surface area contributed by atoms with Gasteiger partial charge in [-0.1, -0.05) is 6.07 Å². The summed E-state index contributed by atoms with van der Waals surface area (Å²) < 4.78 is 53.6. The topological polar surface area (TPSA) is 35.5 Å². The van der Waals surface area contributed by atoms with E-state index in [-0.39, 0.29) is 12.3 Å². The second-order valence-corrected chi connectivity index (χ2v) is 7.77. The predicted octanol–water partition coefficient (Wildman–Crippen LogP) is 4.12. The number of ether oxygens (including phenoxy) is 2. The van der Waals surface area contributed by atoms with E-state index in [9.17, 15) is 18.0 Å². The van der Waals surface area contributed by atoms with Gasteiger partial charge in [-0.3, -0.25) is 0 Å². The Morgan fingerprint density at radius 2 is 2.08 bits per heavy atom. The molecule has 0 spiro atoms. The number of aryl methyl sites for hydroxylation is 1. The molecule has 0 N–H and O–H groups in total. The largest absolute Gasteiger partial charge is 0.497 e. The summed E-state index contributed by atoms with van der Waals surface area (Å²) in [4.78, 5) is 11.0. The van der Waals surface area contributed by atoms with Crippen LogP contribution in [0.15, 0.2) is 18.2 Å². The second kappa shape index (κ2) is 6.25. The number of carbonyl (C=O) groups is 1. The molecule has 5 atom stereocenters. The van der Waals surface area contributed by atoms with Crippen LogP contribution in [0.4, 0.5) is 13.2 Å². The summed E-state index contributed by atoms with van der Waals surface area (Å²) in [6, 6.07) is 5.78. The minimum atomic E-state index is -4.45. The summed E-state index contributed by atoms with van der Waals surface area (Å²) in [5.74, 6) is -0.652. The Balaban J connectivity index is 1.69. The van der Waals surface area contributed by atoms with Crippen LogP contribution in [-0.4, -0.2) is 31.3 Å². The number of alkyl halides is 3. The number of fused-ring (bicyclic) bond motifs is 4. The van der Waals surface area contributed by atoms with Crippen LogP contribution in [-0.2, 0) is 22.4 Å². The van der Waals surface area contributed by atoms with Crippen molar-refractivity contribution in [1.82, 2.24) is 0 Å². The summed E-state index contributed by atoms with van der Waals surface area (Å²) in [7, 11) is 1.61. The first kappa shape index (κ1) is 17.8. The molecule has 1 heterocycles. The highest BCUT2D eigenvalue weighted by Crippen LogP contribution is 2.62. The van der Waals surface area contributed by atoms with Crippen molar-refractivity contribution in [3.63, 3.8) is 0 Å². The fourth-order valence-corrected chi connectivity index (χ4v) is 5.62. The average molecular weight is 368 g/mol. The van der Waals surface area contributed by atoms with Crippen LogP contribution >= 0.6 is 0 Å². The molecule has 26 heavy (non-hydrogen) atoms. The fourth-order valence-electron chi connectivity index (χ4n) is 5.62. The van der Waals surface area contributed by atoms with Gasteiger partial charge in [-0.2, -0.15) is 13.2 Å². The number of halogens is 3. The number of methoxy groups -OCH3 is 1. The van der Waals surface area contributed by atoms with E-state index in [1.165, 1.54) is 0 Å². The maximum absolute atomic E-state index is 14.2. The van der Waals surface area contributed by atoms with Crippen molar-refractivity contribution >= 4 is 6.29 Å². The SMILES string of the molecule is COc1ccc2c(c1)CC[C@@H]1[C@@H](C2)O[C@@]2(C(F)(F)F)[C@H](CC=O)CC[C@@H]12. The molecule has 0 unspecified atom stereocenters. The minimum Gasteiger partial charge on any atom is -0.497 e. The van der Waals surface area contributed by atoms with E-state index in [1.54, 1.807) is 7.11 Å². The number of aldehydes is 1. The van der Waals surface area contributed by atoms with Crippen LogP contribution in [0.2, 0.25) is 0 Å². The van der Waals surface area contributed by atoms with Crippen molar-refractivity contribution in [2.24, 2.45) is 17.8 Å². The normalized spacial score (nSPS) is 36.0. The summed E-state index contributed by atoms with van der Waals surface area (Å²) in [5, 5.41) is 0. The van der Waals surface area contributed by atoms with Gasteiger partial charge in [0.25, 0.3) is 0 Å². The molecular formula is C20H23F3O3. The van der Waals surface area contributed by atoms with E-state index >= 15 is 0 Å². The molecule has 3 nitrogen and oxygen atoms in total. The minimum absolute atomic E-state index is 0.0801. The Kier molecular flexibility index (Phi) is 4.29. The summed E-state index contributed by atoms with van der Waals surface area (Å²) in [6.45, 7) is 0. The van der Waals surface area contributed by atoms with Gasteiger partial charge in [0.2, 0.25) is 0 Å². The quantitative estimate of drug-likeness (QED) is 0.753. The van der Waals surface area contributed by atoms with Gasteiger partial charge in [0, 0.05) is 18.3 Å². The Bertz CT molecular complexity index is 702. The molecule has 142 valence electrons. The first-order valence-electron chi connectivity index (χ1n) is 9.24. The number of hydrogen-bond donors (Lipinski definition) is 0. The molecular weight excluding hydrogens is 345 g/mol. The summed E-state index contributed by atoms with van der Waals surface area (Å²) >= 11 is 0.